The van der Waals surface area contributed by atoms with E-state index in [4.69, 9.17) is 21.3 Å². The average molecular weight is 507 g/mol. The third-order valence-electron chi connectivity index (χ3n) is 5.24. The Morgan fingerprint density at radius 3 is 2.81 bits per heavy atom. The first kappa shape index (κ1) is 24.9. The lowest BCUT2D eigenvalue weighted by Gasteiger charge is -2.20. The highest BCUT2D eigenvalue weighted by Gasteiger charge is 2.17. The van der Waals surface area contributed by atoms with Gasteiger partial charge in [0.05, 0.1) is 23.5 Å². The maximum absolute atomic E-state index is 13.6. The fourth-order valence-corrected chi connectivity index (χ4v) is 3.64. The van der Waals surface area contributed by atoms with E-state index in [0.717, 1.165) is 22.4 Å². The molecule has 184 valence electrons. The molecule has 0 saturated carbocycles. The largest absolute Gasteiger partial charge is 0.463 e. The lowest BCUT2D eigenvalue weighted by Crippen LogP contribution is -2.13. The van der Waals surface area contributed by atoms with E-state index in [9.17, 15) is 9.18 Å². The van der Waals surface area contributed by atoms with Crippen LogP contribution in [-0.2, 0) is 16.6 Å². The number of ether oxygens (including phenoxy) is 1. The van der Waals surface area contributed by atoms with Crippen LogP contribution in [0.25, 0.3) is 17.2 Å². The minimum Gasteiger partial charge on any atom is -0.463 e. The summed E-state index contributed by atoms with van der Waals surface area (Å²) >= 11 is 5.92. The van der Waals surface area contributed by atoms with E-state index >= 15 is 0 Å². The molecule has 1 N–H and O–H groups in total. The van der Waals surface area contributed by atoms with E-state index in [1.54, 1.807) is 36.1 Å². The van der Waals surface area contributed by atoms with Gasteiger partial charge >= 0.3 is 5.97 Å². The Morgan fingerprint density at radius 1 is 1.25 bits per heavy atom. The molecule has 0 unspecified atom stereocenters. The molecule has 0 aliphatic heterocycles. The number of nitrogens with zero attached hydrogens (tertiary/aromatic N) is 5. The van der Waals surface area contributed by atoms with Gasteiger partial charge in [-0.1, -0.05) is 29.8 Å². The Hall–Kier alpha value is -4.24. The lowest BCUT2D eigenvalue weighted by molar-refractivity contribution is -0.137. The Kier molecular flexibility index (Phi) is 7.60. The zero-order valence-electron chi connectivity index (χ0n) is 19.9. The molecule has 8 nitrogen and oxygen atoms in total. The first-order chi connectivity index (χ1) is 17.3. The van der Waals surface area contributed by atoms with Crippen molar-refractivity contribution in [3.8, 4) is 11.1 Å². The van der Waals surface area contributed by atoms with E-state index in [0.29, 0.717) is 24.1 Å². The molecule has 36 heavy (non-hydrogen) atoms. The Bertz CT molecular complexity index is 1420. The summed E-state index contributed by atoms with van der Waals surface area (Å²) in [7, 11) is 3.72. The number of anilines is 4. The highest BCUT2D eigenvalue weighted by atomic mass is 35.5. The number of aryl methyl sites for hydroxylation is 1. The number of hydrogen-bond donors (Lipinski definition) is 1. The van der Waals surface area contributed by atoms with Crippen molar-refractivity contribution in [3.63, 3.8) is 0 Å². The summed E-state index contributed by atoms with van der Waals surface area (Å²) in [6.45, 7) is 2.07. The monoisotopic (exact) mass is 506 g/mol. The standard InChI is InChI=1S/C26H24ClFN6O2/c1-4-36-24(35)11-8-17-6-5-7-18(12-17)21-15-29-26(31-19-9-10-23(28)22(27)13-19)32-25(21)34(3)20-14-30-33(2)16-20/h5-16H,4H2,1-3H3,(H,29,31,32). The quantitative estimate of drug-likeness (QED) is 0.240. The van der Waals surface area contributed by atoms with Crippen molar-refractivity contribution in [2.24, 2.45) is 7.05 Å². The summed E-state index contributed by atoms with van der Waals surface area (Å²) in [5.41, 5.74) is 3.80. The first-order valence-corrected chi connectivity index (χ1v) is 11.5. The van der Waals surface area contributed by atoms with Gasteiger partial charge < -0.3 is 15.0 Å². The van der Waals surface area contributed by atoms with Crippen LogP contribution in [0.3, 0.4) is 0 Å². The van der Waals surface area contributed by atoms with Crippen LogP contribution in [0.2, 0.25) is 5.02 Å². The molecular formula is C26H24ClFN6O2. The third kappa shape index (κ3) is 5.87. The number of aromatic nitrogens is 4. The van der Waals surface area contributed by atoms with E-state index in [2.05, 4.69) is 15.4 Å². The molecule has 0 spiro atoms. The van der Waals surface area contributed by atoms with Crippen molar-refractivity contribution in [2.45, 2.75) is 6.92 Å². The van der Waals surface area contributed by atoms with Gasteiger partial charge in [0.2, 0.25) is 5.95 Å². The summed E-state index contributed by atoms with van der Waals surface area (Å²) in [6.07, 6.45) is 8.40. The molecule has 0 atom stereocenters. The number of hydrogen-bond acceptors (Lipinski definition) is 7. The van der Waals surface area contributed by atoms with Gasteiger partial charge in [0.1, 0.15) is 11.6 Å². The van der Waals surface area contributed by atoms with E-state index in [-0.39, 0.29) is 5.02 Å². The van der Waals surface area contributed by atoms with E-state index in [1.807, 2.05) is 49.5 Å². The summed E-state index contributed by atoms with van der Waals surface area (Å²) in [5, 5.41) is 7.33. The van der Waals surface area contributed by atoms with Crippen molar-refractivity contribution < 1.29 is 13.9 Å². The van der Waals surface area contributed by atoms with Crippen molar-refractivity contribution >= 4 is 46.8 Å². The van der Waals surface area contributed by atoms with Gasteiger partial charge in [-0.3, -0.25) is 4.68 Å². The van der Waals surface area contributed by atoms with Crippen molar-refractivity contribution in [1.82, 2.24) is 19.7 Å². The molecular weight excluding hydrogens is 483 g/mol. The SMILES string of the molecule is CCOC(=O)C=Cc1cccc(-c2cnc(Nc3ccc(F)c(Cl)c3)nc2N(C)c2cnn(C)c2)c1. The maximum Gasteiger partial charge on any atom is 0.330 e. The summed E-state index contributed by atoms with van der Waals surface area (Å²) in [5.74, 6) is 0.0117. The highest BCUT2D eigenvalue weighted by Crippen LogP contribution is 2.34. The van der Waals surface area contributed by atoms with Gasteiger partial charge in [-0.05, 0) is 48.4 Å². The topological polar surface area (TPSA) is 85.2 Å². The summed E-state index contributed by atoms with van der Waals surface area (Å²) < 4.78 is 20.2. The number of esters is 1. The van der Waals surface area contributed by atoms with Gasteiger partial charge in [-0.15, -0.1) is 0 Å². The molecule has 2 aromatic carbocycles. The van der Waals surface area contributed by atoms with Crippen LogP contribution in [0.15, 0.2) is 67.1 Å². The minimum atomic E-state index is -0.507. The number of rotatable bonds is 8. The van der Waals surface area contributed by atoms with E-state index < -0.39 is 11.8 Å². The zero-order chi connectivity index (χ0) is 25.7. The van der Waals surface area contributed by atoms with Crippen LogP contribution in [0.4, 0.5) is 27.5 Å². The minimum absolute atomic E-state index is 0.00277. The van der Waals surface area contributed by atoms with Gasteiger partial charge in [0.15, 0.2) is 0 Å². The molecule has 0 amide bonds. The Morgan fingerprint density at radius 2 is 2.08 bits per heavy atom. The van der Waals surface area contributed by atoms with Crippen molar-refractivity contribution in [1.29, 1.82) is 0 Å². The molecule has 0 aliphatic carbocycles. The number of halogens is 2. The van der Waals surface area contributed by atoms with Gasteiger partial charge in [0, 0.05) is 43.8 Å². The number of nitrogens with one attached hydrogen (secondary N) is 1. The molecule has 2 aromatic heterocycles. The fourth-order valence-electron chi connectivity index (χ4n) is 3.46. The summed E-state index contributed by atoms with van der Waals surface area (Å²) in [6, 6.07) is 12.0. The lowest BCUT2D eigenvalue weighted by atomic mass is 10.0. The molecule has 4 aromatic rings. The second kappa shape index (κ2) is 11.0. The highest BCUT2D eigenvalue weighted by molar-refractivity contribution is 6.31. The molecule has 10 heteroatoms. The number of carbonyl (C=O) groups is 1. The molecule has 0 saturated heterocycles. The molecule has 2 heterocycles. The molecule has 0 aliphatic rings. The summed E-state index contributed by atoms with van der Waals surface area (Å²) in [4.78, 5) is 22.8. The fraction of sp³-hybridized carbons (Fsp3) is 0.154. The van der Waals surface area contributed by atoms with Crippen LogP contribution in [0, 0.1) is 5.82 Å². The van der Waals surface area contributed by atoms with Crippen molar-refractivity contribution in [2.75, 3.05) is 23.9 Å². The predicted octanol–water partition coefficient (Wildman–Crippen LogP) is 5.76. The van der Waals surface area contributed by atoms with Crippen LogP contribution < -0.4 is 10.2 Å². The smallest absolute Gasteiger partial charge is 0.330 e. The Labute approximate surface area is 213 Å². The normalized spacial score (nSPS) is 11.0. The number of benzene rings is 2. The zero-order valence-corrected chi connectivity index (χ0v) is 20.7. The second-order valence-corrected chi connectivity index (χ2v) is 8.23. The maximum atomic E-state index is 13.6. The van der Waals surface area contributed by atoms with E-state index in [1.165, 1.54) is 18.2 Å². The van der Waals surface area contributed by atoms with Crippen LogP contribution in [-0.4, -0.2) is 39.4 Å². The molecule has 0 fully saturated rings. The Balaban J connectivity index is 1.73. The molecule has 0 bridgehead atoms. The third-order valence-corrected chi connectivity index (χ3v) is 5.53. The van der Waals surface area contributed by atoms with Gasteiger partial charge in [-0.2, -0.15) is 10.1 Å². The first-order valence-electron chi connectivity index (χ1n) is 11.1. The predicted molar refractivity (Wildman–Crippen MR) is 139 cm³/mol. The van der Waals surface area contributed by atoms with Crippen LogP contribution in [0.1, 0.15) is 12.5 Å². The molecule has 0 radical (unpaired) electrons. The average Bonchev–Trinajstić information content (AvgIpc) is 3.31. The second-order valence-electron chi connectivity index (χ2n) is 7.83. The van der Waals surface area contributed by atoms with Crippen LogP contribution >= 0.6 is 11.6 Å². The number of carbonyl (C=O) groups excluding carboxylic acids is 1. The van der Waals surface area contributed by atoms with Gasteiger partial charge in [0.25, 0.3) is 0 Å². The van der Waals surface area contributed by atoms with Crippen molar-refractivity contribution in [3.05, 3.63) is 83.5 Å². The molecule has 4 rings (SSSR count). The van der Waals surface area contributed by atoms with Gasteiger partial charge in [-0.25, -0.2) is 14.2 Å². The van der Waals surface area contributed by atoms with Crippen LogP contribution in [0.5, 0.6) is 0 Å².